The molecule has 0 amide bonds. The molecule has 0 atom stereocenters. The van der Waals surface area contributed by atoms with Crippen LogP contribution in [0.5, 0.6) is 0 Å². The molecule has 0 unspecified atom stereocenters. The number of rotatable bonds is 5. The SMILES string of the molecule is CCCSCCn1ccc(N)n1. The summed E-state index contributed by atoms with van der Waals surface area (Å²) in [6, 6.07) is 1.82. The largest absolute Gasteiger partial charge is 0.382 e. The van der Waals surface area contributed by atoms with Gasteiger partial charge in [-0.3, -0.25) is 4.68 Å². The molecule has 0 aliphatic rings. The fourth-order valence-electron chi connectivity index (χ4n) is 0.906. The van der Waals surface area contributed by atoms with E-state index in [1.54, 1.807) is 0 Å². The molecular weight excluding hydrogens is 170 g/mol. The molecule has 0 spiro atoms. The van der Waals surface area contributed by atoms with Crippen LogP contribution in [0.1, 0.15) is 13.3 Å². The van der Waals surface area contributed by atoms with Crippen LogP contribution in [0.4, 0.5) is 5.82 Å². The predicted octanol–water partition coefficient (Wildman–Crippen LogP) is 1.61. The van der Waals surface area contributed by atoms with Crippen molar-refractivity contribution in [1.82, 2.24) is 9.78 Å². The number of anilines is 1. The molecule has 2 N–H and O–H groups in total. The van der Waals surface area contributed by atoms with E-state index in [0.717, 1.165) is 12.3 Å². The van der Waals surface area contributed by atoms with Gasteiger partial charge in [0.2, 0.25) is 0 Å². The zero-order chi connectivity index (χ0) is 8.81. The lowest BCUT2D eigenvalue weighted by atomic mass is 10.6. The van der Waals surface area contributed by atoms with Gasteiger partial charge in [0.15, 0.2) is 0 Å². The molecule has 0 aliphatic heterocycles. The summed E-state index contributed by atoms with van der Waals surface area (Å²) in [5.74, 6) is 2.96. The van der Waals surface area contributed by atoms with E-state index in [1.165, 1.54) is 12.2 Å². The van der Waals surface area contributed by atoms with Gasteiger partial charge in [0, 0.05) is 11.9 Å². The fourth-order valence-corrected chi connectivity index (χ4v) is 1.72. The maximum absolute atomic E-state index is 5.47. The van der Waals surface area contributed by atoms with E-state index < -0.39 is 0 Å². The van der Waals surface area contributed by atoms with E-state index >= 15 is 0 Å². The van der Waals surface area contributed by atoms with Gasteiger partial charge in [-0.15, -0.1) is 0 Å². The van der Waals surface area contributed by atoms with Crippen molar-refractivity contribution < 1.29 is 0 Å². The Morgan fingerprint density at radius 3 is 3.00 bits per heavy atom. The molecule has 3 nitrogen and oxygen atoms in total. The molecule has 68 valence electrons. The highest BCUT2D eigenvalue weighted by molar-refractivity contribution is 7.99. The van der Waals surface area contributed by atoms with Crippen LogP contribution in [0.15, 0.2) is 12.3 Å². The van der Waals surface area contributed by atoms with E-state index in [2.05, 4.69) is 12.0 Å². The van der Waals surface area contributed by atoms with Crippen LogP contribution in [0.3, 0.4) is 0 Å². The van der Waals surface area contributed by atoms with Gasteiger partial charge in [0.1, 0.15) is 5.82 Å². The standard InChI is InChI=1S/C8H15N3S/c1-2-6-12-7-5-11-4-3-8(9)10-11/h3-4H,2,5-7H2,1H3,(H2,9,10). The molecule has 4 heteroatoms. The van der Waals surface area contributed by atoms with E-state index in [0.29, 0.717) is 5.82 Å². The van der Waals surface area contributed by atoms with Crippen LogP contribution >= 0.6 is 11.8 Å². The van der Waals surface area contributed by atoms with Crippen LogP contribution < -0.4 is 5.73 Å². The van der Waals surface area contributed by atoms with Gasteiger partial charge in [0.25, 0.3) is 0 Å². The molecule has 0 aliphatic carbocycles. The lowest BCUT2D eigenvalue weighted by molar-refractivity contribution is 0.669. The molecule has 0 bridgehead atoms. The Morgan fingerprint density at radius 1 is 1.58 bits per heavy atom. The zero-order valence-corrected chi connectivity index (χ0v) is 8.18. The lowest BCUT2D eigenvalue weighted by Crippen LogP contribution is -2.02. The van der Waals surface area contributed by atoms with Crippen molar-refractivity contribution >= 4 is 17.6 Å². The molecule has 1 aromatic heterocycles. The molecule has 0 saturated heterocycles. The first-order valence-electron chi connectivity index (χ1n) is 4.19. The Morgan fingerprint density at radius 2 is 2.42 bits per heavy atom. The van der Waals surface area contributed by atoms with Gasteiger partial charge >= 0.3 is 0 Å². The summed E-state index contributed by atoms with van der Waals surface area (Å²) in [5.41, 5.74) is 5.47. The number of aromatic nitrogens is 2. The summed E-state index contributed by atoms with van der Waals surface area (Å²) < 4.78 is 1.89. The molecular formula is C8H15N3S. The van der Waals surface area contributed by atoms with Crippen LogP contribution in [-0.2, 0) is 6.54 Å². The van der Waals surface area contributed by atoms with E-state index in [-0.39, 0.29) is 0 Å². The number of nitrogens with zero attached hydrogens (tertiary/aromatic N) is 2. The van der Waals surface area contributed by atoms with Crippen molar-refractivity contribution in [3.8, 4) is 0 Å². The lowest BCUT2D eigenvalue weighted by Gasteiger charge is -1.99. The fraction of sp³-hybridized carbons (Fsp3) is 0.625. The highest BCUT2D eigenvalue weighted by Crippen LogP contribution is 2.03. The van der Waals surface area contributed by atoms with Crippen molar-refractivity contribution in [1.29, 1.82) is 0 Å². The smallest absolute Gasteiger partial charge is 0.145 e. The monoisotopic (exact) mass is 185 g/mol. The van der Waals surface area contributed by atoms with E-state index in [4.69, 9.17) is 5.73 Å². The van der Waals surface area contributed by atoms with Crippen LogP contribution in [0, 0.1) is 0 Å². The Labute approximate surface area is 77.3 Å². The number of hydrogen-bond donors (Lipinski definition) is 1. The minimum atomic E-state index is 0.607. The van der Waals surface area contributed by atoms with Crippen molar-refractivity contribution in [2.45, 2.75) is 19.9 Å². The first-order chi connectivity index (χ1) is 5.83. The van der Waals surface area contributed by atoms with Gasteiger partial charge in [-0.1, -0.05) is 6.92 Å². The molecule has 1 heterocycles. The average molecular weight is 185 g/mol. The third kappa shape index (κ3) is 3.17. The Kier molecular flexibility index (Phi) is 4.00. The van der Waals surface area contributed by atoms with Crippen molar-refractivity contribution in [2.24, 2.45) is 0 Å². The summed E-state index contributed by atoms with van der Waals surface area (Å²) in [4.78, 5) is 0. The van der Waals surface area contributed by atoms with Gasteiger partial charge in [0.05, 0.1) is 6.54 Å². The summed E-state index contributed by atoms with van der Waals surface area (Å²) >= 11 is 1.96. The number of thioether (sulfide) groups is 1. The third-order valence-corrected chi connectivity index (χ3v) is 2.64. The second kappa shape index (κ2) is 5.09. The number of hydrogen-bond acceptors (Lipinski definition) is 3. The van der Waals surface area contributed by atoms with E-state index in [9.17, 15) is 0 Å². The second-order valence-electron chi connectivity index (χ2n) is 2.62. The zero-order valence-electron chi connectivity index (χ0n) is 7.36. The number of nitrogens with two attached hydrogens (primary N) is 1. The molecule has 1 rings (SSSR count). The Hall–Kier alpha value is -0.640. The first kappa shape index (κ1) is 9.45. The summed E-state index contributed by atoms with van der Waals surface area (Å²) in [6.45, 7) is 3.15. The summed E-state index contributed by atoms with van der Waals surface area (Å²) in [5, 5.41) is 4.09. The molecule has 0 aromatic carbocycles. The van der Waals surface area contributed by atoms with Crippen molar-refractivity contribution in [3.63, 3.8) is 0 Å². The van der Waals surface area contributed by atoms with Gasteiger partial charge < -0.3 is 5.73 Å². The van der Waals surface area contributed by atoms with Crippen molar-refractivity contribution in [2.75, 3.05) is 17.2 Å². The molecule has 0 saturated carbocycles. The third-order valence-electron chi connectivity index (χ3n) is 1.47. The number of nitrogen functional groups attached to an aromatic ring is 1. The minimum Gasteiger partial charge on any atom is -0.382 e. The minimum absolute atomic E-state index is 0.607. The first-order valence-corrected chi connectivity index (χ1v) is 5.35. The summed E-state index contributed by atoms with van der Waals surface area (Å²) in [7, 11) is 0. The van der Waals surface area contributed by atoms with Crippen LogP contribution in [-0.4, -0.2) is 21.3 Å². The quantitative estimate of drug-likeness (QED) is 0.709. The van der Waals surface area contributed by atoms with Crippen molar-refractivity contribution in [3.05, 3.63) is 12.3 Å². The molecule has 1 aromatic rings. The van der Waals surface area contributed by atoms with Gasteiger partial charge in [-0.25, -0.2) is 0 Å². The van der Waals surface area contributed by atoms with Crippen LogP contribution in [0.2, 0.25) is 0 Å². The van der Waals surface area contributed by atoms with Crippen LogP contribution in [0.25, 0.3) is 0 Å². The Balaban J connectivity index is 2.15. The molecule has 0 fully saturated rings. The number of aryl methyl sites for hydroxylation is 1. The normalized spacial score (nSPS) is 10.4. The van der Waals surface area contributed by atoms with Gasteiger partial charge in [-0.05, 0) is 18.2 Å². The second-order valence-corrected chi connectivity index (χ2v) is 3.84. The Bertz CT molecular complexity index is 222. The average Bonchev–Trinajstić information content (AvgIpc) is 2.45. The molecule has 0 radical (unpaired) electrons. The maximum atomic E-state index is 5.47. The predicted molar refractivity (Wildman–Crippen MR) is 54.3 cm³/mol. The highest BCUT2D eigenvalue weighted by Gasteiger charge is 1.93. The summed E-state index contributed by atoms with van der Waals surface area (Å²) in [6.07, 6.45) is 3.16. The topological polar surface area (TPSA) is 43.8 Å². The molecule has 12 heavy (non-hydrogen) atoms. The highest BCUT2D eigenvalue weighted by atomic mass is 32.2. The van der Waals surface area contributed by atoms with Gasteiger partial charge in [-0.2, -0.15) is 16.9 Å². The maximum Gasteiger partial charge on any atom is 0.145 e. The van der Waals surface area contributed by atoms with E-state index in [1.807, 2.05) is 28.7 Å².